The molecule has 2 aromatic rings. The summed E-state index contributed by atoms with van der Waals surface area (Å²) in [5, 5.41) is 8.01. The zero-order chi connectivity index (χ0) is 11.5. The van der Waals surface area contributed by atoms with Crippen LogP contribution in [-0.4, -0.2) is 6.54 Å². The molecule has 0 saturated heterocycles. The molecule has 0 fully saturated rings. The van der Waals surface area contributed by atoms with Gasteiger partial charge in [0.2, 0.25) is 0 Å². The van der Waals surface area contributed by atoms with Gasteiger partial charge >= 0.3 is 0 Å². The molecule has 0 radical (unpaired) electrons. The van der Waals surface area contributed by atoms with E-state index in [9.17, 15) is 0 Å². The smallest absolute Gasteiger partial charge is 0.0702 e. The van der Waals surface area contributed by atoms with Crippen LogP contribution in [0.5, 0.6) is 0 Å². The second-order valence-corrected chi connectivity index (χ2v) is 6.88. The van der Waals surface area contributed by atoms with E-state index >= 15 is 0 Å². The summed E-state index contributed by atoms with van der Waals surface area (Å²) in [5.74, 6) is 0. The molecule has 0 aliphatic rings. The number of hydrogen-bond acceptors (Lipinski definition) is 3. The minimum atomic E-state index is 0.340. The SMILES string of the molecule is CCNC(c1ccc(Br)s1)c1cscc1C. The quantitative estimate of drug-likeness (QED) is 0.870. The first-order chi connectivity index (χ1) is 7.72. The lowest BCUT2D eigenvalue weighted by atomic mass is 10.1. The van der Waals surface area contributed by atoms with E-state index in [4.69, 9.17) is 0 Å². The minimum Gasteiger partial charge on any atom is -0.306 e. The van der Waals surface area contributed by atoms with Crippen LogP contribution in [-0.2, 0) is 0 Å². The molecule has 1 N–H and O–H groups in total. The molecule has 2 rings (SSSR count). The van der Waals surface area contributed by atoms with E-state index in [1.807, 2.05) is 0 Å². The van der Waals surface area contributed by atoms with Crippen LogP contribution in [0.1, 0.15) is 29.0 Å². The minimum absolute atomic E-state index is 0.340. The number of thiophene rings is 2. The number of rotatable bonds is 4. The summed E-state index contributed by atoms with van der Waals surface area (Å²) in [5.41, 5.74) is 2.78. The molecule has 86 valence electrons. The summed E-state index contributed by atoms with van der Waals surface area (Å²) in [6.45, 7) is 5.31. The summed E-state index contributed by atoms with van der Waals surface area (Å²) < 4.78 is 1.19. The molecule has 0 aromatic carbocycles. The Hall–Kier alpha value is -0.160. The van der Waals surface area contributed by atoms with Crippen LogP contribution in [0.3, 0.4) is 0 Å². The molecule has 1 nitrogen and oxygen atoms in total. The fourth-order valence-electron chi connectivity index (χ4n) is 1.72. The van der Waals surface area contributed by atoms with Crippen LogP contribution in [0.15, 0.2) is 26.7 Å². The first-order valence-electron chi connectivity index (χ1n) is 5.23. The second-order valence-electron chi connectivity index (χ2n) is 3.64. The second kappa shape index (κ2) is 5.45. The van der Waals surface area contributed by atoms with Gasteiger partial charge in [0.1, 0.15) is 0 Å². The highest BCUT2D eigenvalue weighted by Crippen LogP contribution is 2.33. The molecule has 1 atom stereocenters. The Bertz CT molecular complexity index is 461. The van der Waals surface area contributed by atoms with Crippen molar-refractivity contribution < 1.29 is 0 Å². The molecule has 0 amide bonds. The number of aryl methyl sites for hydroxylation is 1. The third kappa shape index (κ3) is 2.56. The molecule has 16 heavy (non-hydrogen) atoms. The van der Waals surface area contributed by atoms with Crippen molar-refractivity contribution in [3.05, 3.63) is 42.7 Å². The van der Waals surface area contributed by atoms with Crippen molar-refractivity contribution >= 4 is 38.6 Å². The molecule has 0 bridgehead atoms. The van der Waals surface area contributed by atoms with Gasteiger partial charge in [0.25, 0.3) is 0 Å². The molecule has 1 unspecified atom stereocenters. The Morgan fingerprint density at radius 3 is 2.69 bits per heavy atom. The zero-order valence-electron chi connectivity index (χ0n) is 9.29. The molecule has 0 aliphatic heterocycles. The van der Waals surface area contributed by atoms with Crippen molar-refractivity contribution in [2.75, 3.05) is 6.54 Å². The van der Waals surface area contributed by atoms with E-state index in [1.165, 1.54) is 19.8 Å². The van der Waals surface area contributed by atoms with E-state index in [0.29, 0.717) is 6.04 Å². The summed E-state index contributed by atoms with van der Waals surface area (Å²) in [6.07, 6.45) is 0. The maximum Gasteiger partial charge on any atom is 0.0702 e. The topological polar surface area (TPSA) is 12.0 Å². The van der Waals surface area contributed by atoms with Crippen LogP contribution < -0.4 is 5.32 Å². The van der Waals surface area contributed by atoms with E-state index < -0.39 is 0 Å². The Morgan fingerprint density at radius 1 is 1.38 bits per heavy atom. The van der Waals surface area contributed by atoms with Crippen molar-refractivity contribution in [3.63, 3.8) is 0 Å². The average molecular weight is 316 g/mol. The van der Waals surface area contributed by atoms with Crippen LogP contribution >= 0.6 is 38.6 Å². The monoisotopic (exact) mass is 315 g/mol. The van der Waals surface area contributed by atoms with E-state index in [-0.39, 0.29) is 0 Å². The van der Waals surface area contributed by atoms with E-state index in [0.717, 1.165) is 6.54 Å². The van der Waals surface area contributed by atoms with Crippen LogP contribution in [0.2, 0.25) is 0 Å². The molecule has 4 heteroatoms. The van der Waals surface area contributed by atoms with E-state index in [1.54, 1.807) is 22.7 Å². The van der Waals surface area contributed by atoms with Gasteiger partial charge in [-0.15, -0.1) is 11.3 Å². The molecular weight excluding hydrogens is 302 g/mol. The molecule has 0 spiro atoms. The Balaban J connectivity index is 2.34. The largest absolute Gasteiger partial charge is 0.306 e. The van der Waals surface area contributed by atoms with Gasteiger partial charge in [-0.25, -0.2) is 0 Å². The third-order valence-electron chi connectivity index (χ3n) is 2.49. The Kier molecular flexibility index (Phi) is 4.19. The molecular formula is C12H14BrNS2. The van der Waals surface area contributed by atoms with Crippen molar-refractivity contribution in [2.45, 2.75) is 19.9 Å². The van der Waals surface area contributed by atoms with Gasteiger partial charge < -0.3 is 5.32 Å². The Morgan fingerprint density at radius 2 is 2.19 bits per heavy atom. The highest BCUT2D eigenvalue weighted by Gasteiger charge is 2.17. The number of halogens is 1. The lowest BCUT2D eigenvalue weighted by Gasteiger charge is -2.16. The van der Waals surface area contributed by atoms with Gasteiger partial charge in [0.05, 0.1) is 9.83 Å². The average Bonchev–Trinajstić information content (AvgIpc) is 2.84. The predicted molar refractivity (Wildman–Crippen MR) is 76.6 cm³/mol. The van der Waals surface area contributed by atoms with Crippen molar-refractivity contribution in [1.29, 1.82) is 0 Å². The van der Waals surface area contributed by atoms with Gasteiger partial charge in [0.15, 0.2) is 0 Å². The van der Waals surface area contributed by atoms with Crippen molar-refractivity contribution in [2.24, 2.45) is 0 Å². The molecule has 2 heterocycles. The normalized spacial score (nSPS) is 12.9. The van der Waals surface area contributed by atoms with Gasteiger partial charge in [-0.2, -0.15) is 11.3 Å². The lowest BCUT2D eigenvalue weighted by Crippen LogP contribution is -2.21. The van der Waals surface area contributed by atoms with Crippen LogP contribution in [0.25, 0.3) is 0 Å². The fraction of sp³-hybridized carbons (Fsp3) is 0.333. The fourth-order valence-corrected chi connectivity index (χ4v) is 4.11. The van der Waals surface area contributed by atoms with Gasteiger partial charge in [0, 0.05) is 4.88 Å². The maximum absolute atomic E-state index is 3.55. The van der Waals surface area contributed by atoms with Gasteiger partial charge in [-0.05, 0) is 63.4 Å². The number of nitrogens with one attached hydrogen (secondary N) is 1. The van der Waals surface area contributed by atoms with Crippen LogP contribution in [0.4, 0.5) is 0 Å². The highest BCUT2D eigenvalue weighted by molar-refractivity contribution is 9.11. The summed E-state index contributed by atoms with van der Waals surface area (Å²) in [4.78, 5) is 1.37. The zero-order valence-corrected chi connectivity index (χ0v) is 12.5. The first-order valence-corrected chi connectivity index (χ1v) is 7.79. The summed E-state index contributed by atoms with van der Waals surface area (Å²) in [6, 6.07) is 4.65. The van der Waals surface area contributed by atoms with Gasteiger partial charge in [-0.1, -0.05) is 6.92 Å². The lowest BCUT2D eigenvalue weighted by molar-refractivity contribution is 0.639. The summed E-state index contributed by atoms with van der Waals surface area (Å²) in [7, 11) is 0. The molecule has 0 saturated carbocycles. The van der Waals surface area contributed by atoms with Crippen molar-refractivity contribution in [1.82, 2.24) is 5.32 Å². The third-order valence-corrected chi connectivity index (χ3v) is 5.06. The highest BCUT2D eigenvalue weighted by atomic mass is 79.9. The molecule has 0 aliphatic carbocycles. The van der Waals surface area contributed by atoms with Crippen LogP contribution in [0, 0.1) is 6.92 Å². The van der Waals surface area contributed by atoms with E-state index in [2.05, 4.69) is 58.0 Å². The molecule has 2 aromatic heterocycles. The number of hydrogen-bond donors (Lipinski definition) is 1. The Labute approximate surface area is 113 Å². The summed E-state index contributed by atoms with van der Waals surface area (Å²) >= 11 is 7.10. The predicted octanol–water partition coefficient (Wildman–Crippen LogP) is 4.58. The standard InChI is InChI=1S/C12H14BrNS2/c1-3-14-12(9-7-15-6-8(9)2)10-4-5-11(13)16-10/h4-7,12,14H,3H2,1-2H3. The van der Waals surface area contributed by atoms with Crippen molar-refractivity contribution in [3.8, 4) is 0 Å². The van der Waals surface area contributed by atoms with Gasteiger partial charge in [-0.3, -0.25) is 0 Å². The first kappa shape index (κ1) is 12.3. The maximum atomic E-state index is 3.55.